The van der Waals surface area contributed by atoms with E-state index in [0.717, 1.165) is 12.1 Å². The van der Waals surface area contributed by atoms with Gasteiger partial charge in [0.25, 0.3) is 5.91 Å². The number of carbonyl (C=O) groups excluding carboxylic acids is 1. The summed E-state index contributed by atoms with van der Waals surface area (Å²) in [7, 11) is -3.76. The fourth-order valence-electron chi connectivity index (χ4n) is 3.49. The van der Waals surface area contributed by atoms with Crippen molar-refractivity contribution in [3.05, 3.63) is 84.1 Å². The number of furan rings is 1. The molecule has 1 aliphatic heterocycles. The third-order valence-electron chi connectivity index (χ3n) is 5.19. The highest BCUT2D eigenvalue weighted by Gasteiger charge is 2.29. The molecule has 0 atom stereocenters. The number of sulfonamides is 1. The second-order valence-electron chi connectivity index (χ2n) is 7.37. The monoisotopic (exact) mass is 458 g/mol. The summed E-state index contributed by atoms with van der Waals surface area (Å²) in [4.78, 5) is 14.5. The summed E-state index contributed by atoms with van der Waals surface area (Å²) >= 11 is 0. The van der Waals surface area contributed by atoms with Gasteiger partial charge in [-0.25, -0.2) is 12.8 Å². The average Bonchev–Trinajstić information content (AvgIpc) is 3.13. The zero-order valence-electron chi connectivity index (χ0n) is 17.3. The van der Waals surface area contributed by atoms with Gasteiger partial charge in [0.15, 0.2) is 5.76 Å². The van der Waals surface area contributed by atoms with Crippen LogP contribution in [-0.4, -0.2) is 49.7 Å². The molecule has 0 N–H and O–H groups in total. The van der Waals surface area contributed by atoms with Gasteiger partial charge >= 0.3 is 0 Å². The van der Waals surface area contributed by atoms with Gasteiger partial charge in [-0.3, -0.25) is 4.79 Å². The molecule has 1 amide bonds. The molecule has 2 heterocycles. The van der Waals surface area contributed by atoms with Gasteiger partial charge in [0.05, 0.1) is 4.90 Å². The van der Waals surface area contributed by atoms with Crippen LogP contribution in [0.4, 0.5) is 4.39 Å². The Morgan fingerprint density at radius 2 is 1.69 bits per heavy atom. The third-order valence-corrected chi connectivity index (χ3v) is 7.10. The Kier molecular flexibility index (Phi) is 6.57. The average molecular weight is 459 g/mol. The Morgan fingerprint density at radius 3 is 2.44 bits per heavy atom. The zero-order valence-corrected chi connectivity index (χ0v) is 18.1. The Hall–Kier alpha value is -3.17. The van der Waals surface area contributed by atoms with Gasteiger partial charge in [0.2, 0.25) is 10.0 Å². The lowest BCUT2D eigenvalue weighted by Gasteiger charge is -2.21. The molecule has 7 nitrogen and oxygen atoms in total. The summed E-state index contributed by atoms with van der Waals surface area (Å²) < 4.78 is 51.5. The molecule has 168 valence electrons. The van der Waals surface area contributed by atoms with Crippen LogP contribution in [0.2, 0.25) is 0 Å². The number of amides is 1. The van der Waals surface area contributed by atoms with Gasteiger partial charge < -0.3 is 14.1 Å². The van der Waals surface area contributed by atoms with Gasteiger partial charge in [0, 0.05) is 26.2 Å². The maximum atomic E-state index is 13.2. The van der Waals surface area contributed by atoms with E-state index in [1.165, 1.54) is 16.4 Å². The molecule has 0 radical (unpaired) electrons. The van der Waals surface area contributed by atoms with E-state index in [2.05, 4.69) is 0 Å². The minimum Gasteiger partial charge on any atom is -0.486 e. The zero-order chi connectivity index (χ0) is 22.6. The van der Waals surface area contributed by atoms with E-state index < -0.39 is 15.8 Å². The van der Waals surface area contributed by atoms with Gasteiger partial charge in [-0.1, -0.05) is 18.2 Å². The van der Waals surface area contributed by atoms with Crippen LogP contribution in [0.15, 0.2) is 76.0 Å². The first-order valence-corrected chi connectivity index (χ1v) is 11.7. The van der Waals surface area contributed by atoms with E-state index in [4.69, 9.17) is 9.15 Å². The molecule has 0 aliphatic carbocycles. The summed E-state index contributed by atoms with van der Waals surface area (Å²) in [6.07, 6.45) is 0.483. The number of halogens is 1. The highest BCUT2D eigenvalue weighted by atomic mass is 32.2. The summed E-state index contributed by atoms with van der Waals surface area (Å²) in [5.41, 5.74) is 0. The molecule has 1 saturated heterocycles. The smallest absolute Gasteiger partial charge is 0.289 e. The Morgan fingerprint density at radius 1 is 0.938 bits per heavy atom. The Bertz CT molecular complexity index is 1160. The van der Waals surface area contributed by atoms with E-state index in [1.54, 1.807) is 17.0 Å². The molecule has 1 aliphatic rings. The van der Waals surface area contributed by atoms with Crippen LogP contribution >= 0.6 is 0 Å². The molecule has 32 heavy (non-hydrogen) atoms. The predicted molar refractivity (Wildman–Crippen MR) is 115 cm³/mol. The van der Waals surface area contributed by atoms with Crippen LogP contribution in [-0.2, 0) is 16.6 Å². The lowest BCUT2D eigenvalue weighted by molar-refractivity contribution is 0.0728. The summed E-state index contributed by atoms with van der Waals surface area (Å²) in [5.74, 6) is 0.617. The minimum atomic E-state index is -3.76. The lowest BCUT2D eigenvalue weighted by Crippen LogP contribution is -2.37. The number of hydrogen-bond donors (Lipinski definition) is 0. The molecule has 4 rings (SSSR count). The SMILES string of the molecule is O=C(c1ccc(COc2ccccc2)o1)N1CCCN(S(=O)(=O)c2ccc(F)cc2)CC1. The number of nitrogens with zero attached hydrogens (tertiary/aromatic N) is 2. The lowest BCUT2D eigenvalue weighted by atomic mass is 10.3. The van der Waals surface area contributed by atoms with Crippen molar-refractivity contribution >= 4 is 15.9 Å². The highest BCUT2D eigenvalue weighted by molar-refractivity contribution is 7.89. The van der Waals surface area contributed by atoms with Crippen LogP contribution < -0.4 is 4.74 Å². The molecular formula is C23H23FN2O5S. The standard InChI is InChI=1S/C23H23FN2O5S/c24-18-7-10-21(11-8-18)32(28,29)26-14-4-13-25(15-16-26)23(27)22-12-9-20(31-22)17-30-19-5-2-1-3-6-19/h1-3,5-12H,4,13-17H2. The van der Waals surface area contributed by atoms with Crippen molar-refractivity contribution in [1.29, 1.82) is 0 Å². The first kappa shape index (κ1) is 22.0. The van der Waals surface area contributed by atoms with Crippen LogP contribution in [0, 0.1) is 5.82 Å². The minimum absolute atomic E-state index is 0.0350. The molecule has 1 fully saturated rings. The number of carbonyl (C=O) groups is 1. The summed E-state index contributed by atoms with van der Waals surface area (Å²) in [6.45, 7) is 1.26. The van der Waals surface area contributed by atoms with E-state index in [0.29, 0.717) is 24.5 Å². The maximum absolute atomic E-state index is 13.2. The number of hydrogen-bond acceptors (Lipinski definition) is 5. The van der Waals surface area contributed by atoms with Gasteiger partial charge in [-0.15, -0.1) is 0 Å². The molecule has 0 unspecified atom stereocenters. The molecule has 0 spiro atoms. The number of benzene rings is 2. The van der Waals surface area contributed by atoms with Crippen molar-refractivity contribution in [2.75, 3.05) is 26.2 Å². The second-order valence-corrected chi connectivity index (χ2v) is 9.31. The van der Waals surface area contributed by atoms with E-state index in [9.17, 15) is 17.6 Å². The van der Waals surface area contributed by atoms with Crippen molar-refractivity contribution < 1.29 is 26.8 Å². The third kappa shape index (κ3) is 5.00. The Labute approximate surface area is 186 Å². The molecular weight excluding hydrogens is 435 g/mol. The van der Waals surface area contributed by atoms with Crippen LogP contribution in [0.3, 0.4) is 0 Å². The van der Waals surface area contributed by atoms with E-state index >= 15 is 0 Å². The van der Waals surface area contributed by atoms with Gasteiger partial charge in [0.1, 0.15) is 23.9 Å². The summed E-state index contributed by atoms with van der Waals surface area (Å²) in [5, 5.41) is 0. The van der Waals surface area contributed by atoms with Crippen molar-refractivity contribution in [3.63, 3.8) is 0 Å². The van der Waals surface area contributed by atoms with Crippen molar-refractivity contribution in [1.82, 2.24) is 9.21 Å². The van der Waals surface area contributed by atoms with Crippen molar-refractivity contribution in [3.8, 4) is 5.75 Å². The first-order valence-electron chi connectivity index (χ1n) is 10.2. The molecule has 0 bridgehead atoms. The first-order chi connectivity index (χ1) is 15.4. The number of ether oxygens (including phenoxy) is 1. The van der Waals surface area contributed by atoms with Gasteiger partial charge in [-0.05, 0) is 55.0 Å². The van der Waals surface area contributed by atoms with Crippen LogP contribution in [0.25, 0.3) is 0 Å². The predicted octanol–water partition coefficient (Wildman–Crippen LogP) is 3.53. The van der Waals surface area contributed by atoms with Gasteiger partial charge in [-0.2, -0.15) is 4.31 Å². The maximum Gasteiger partial charge on any atom is 0.289 e. The molecule has 9 heteroatoms. The van der Waals surface area contributed by atoms with Crippen LogP contribution in [0.1, 0.15) is 22.7 Å². The highest BCUT2D eigenvalue weighted by Crippen LogP contribution is 2.20. The fourth-order valence-corrected chi connectivity index (χ4v) is 4.96. The quantitative estimate of drug-likeness (QED) is 0.565. The fraction of sp³-hybridized carbons (Fsp3) is 0.261. The van der Waals surface area contributed by atoms with Crippen molar-refractivity contribution in [2.45, 2.75) is 17.9 Å². The Balaban J connectivity index is 1.37. The number of rotatable bonds is 6. The van der Waals surface area contributed by atoms with E-state index in [-0.39, 0.29) is 42.8 Å². The largest absolute Gasteiger partial charge is 0.486 e. The van der Waals surface area contributed by atoms with Crippen molar-refractivity contribution in [2.24, 2.45) is 0 Å². The topological polar surface area (TPSA) is 80.1 Å². The normalized spacial score (nSPS) is 15.3. The molecule has 1 aromatic heterocycles. The molecule has 3 aromatic rings. The van der Waals surface area contributed by atoms with E-state index in [1.807, 2.05) is 30.3 Å². The molecule has 0 saturated carbocycles. The number of para-hydroxylation sites is 1. The second kappa shape index (κ2) is 9.54. The molecule has 2 aromatic carbocycles. The summed E-state index contributed by atoms with van der Waals surface area (Å²) in [6, 6.07) is 17.3. The van der Waals surface area contributed by atoms with Crippen LogP contribution in [0.5, 0.6) is 5.75 Å².